The molecule has 0 saturated carbocycles. The molecular formula is C27H25NO5. The van der Waals surface area contributed by atoms with Gasteiger partial charge in [-0.15, -0.1) is 0 Å². The lowest BCUT2D eigenvalue weighted by Crippen LogP contribution is -2.32. The number of rotatable bonds is 8. The number of carbonyl (C=O) groups is 1. The van der Waals surface area contributed by atoms with Crippen molar-refractivity contribution in [3.05, 3.63) is 112 Å². The van der Waals surface area contributed by atoms with Gasteiger partial charge in [0.15, 0.2) is 6.61 Å². The van der Waals surface area contributed by atoms with Crippen molar-refractivity contribution >= 4 is 16.9 Å². The second-order valence-electron chi connectivity index (χ2n) is 7.83. The third-order valence-corrected chi connectivity index (χ3v) is 5.53. The highest BCUT2D eigenvalue weighted by molar-refractivity contribution is 5.83. The van der Waals surface area contributed by atoms with E-state index in [9.17, 15) is 14.7 Å². The Hall–Kier alpha value is -3.90. The minimum atomic E-state index is -0.793. The Labute approximate surface area is 191 Å². The second-order valence-corrected chi connectivity index (χ2v) is 7.83. The Morgan fingerprint density at radius 1 is 1.03 bits per heavy atom. The lowest BCUT2D eigenvalue weighted by molar-refractivity contribution is -0.123. The summed E-state index contributed by atoms with van der Waals surface area (Å²) in [5, 5.41) is 13.6. The van der Waals surface area contributed by atoms with Crippen molar-refractivity contribution in [2.45, 2.75) is 19.4 Å². The van der Waals surface area contributed by atoms with Crippen LogP contribution in [0.15, 0.2) is 88.1 Å². The van der Waals surface area contributed by atoms with Crippen LogP contribution in [-0.4, -0.2) is 24.2 Å². The first-order chi connectivity index (χ1) is 16.0. The third kappa shape index (κ3) is 5.48. The Kier molecular flexibility index (Phi) is 6.86. The fraction of sp³-hybridized carbons (Fsp3) is 0.185. The molecule has 168 valence electrons. The summed E-state index contributed by atoms with van der Waals surface area (Å²) < 4.78 is 11.1. The van der Waals surface area contributed by atoms with Gasteiger partial charge in [0, 0.05) is 30.0 Å². The van der Waals surface area contributed by atoms with Gasteiger partial charge in [-0.1, -0.05) is 60.7 Å². The molecule has 0 bridgehead atoms. The van der Waals surface area contributed by atoms with Gasteiger partial charge in [0.05, 0.1) is 6.10 Å². The van der Waals surface area contributed by atoms with E-state index in [2.05, 4.69) is 5.32 Å². The van der Waals surface area contributed by atoms with E-state index in [1.54, 1.807) is 24.3 Å². The zero-order chi connectivity index (χ0) is 23.2. The van der Waals surface area contributed by atoms with Crippen LogP contribution in [0.2, 0.25) is 0 Å². The number of nitrogens with one attached hydrogen (secondary N) is 1. The van der Waals surface area contributed by atoms with Crippen LogP contribution in [0.4, 0.5) is 0 Å². The van der Waals surface area contributed by atoms with Crippen LogP contribution >= 0.6 is 0 Å². The minimum absolute atomic E-state index is 0.0855. The molecule has 0 aliphatic heterocycles. The molecule has 2 N–H and O–H groups in total. The average molecular weight is 443 g/mol. The number of aliphatic hydroxyl groups excluding tert-OH is 1. The van der Waals surface area contributed by atoms with Crippen molar-refractivity contribution in [1.82, 2.24) is 5.32 Å². The van der Waals surface area contributed by atoms with E-state index in [1.807, 2.05) is 61.5 Å². The highest BCUT2D eigenvalue weighted by Crippen LogP contribution is 2.25. The number of ether oxygens (including phenoxy) is 1. The first-order valence-corrected chi connectivity index (χ1v) is 10.7. The highest BCUT2D eigenvalue weighted by atomic mass is 16.5. The molecule has 1 heterocycles. The van der Waals surface area contributed by atoms with E-state index in [4.69, 9.17) is 9.15 Å². The molecule has 0 aliphatic rings. The number of hydrogen-bond acceptors (Lipinski definition) is 5. The second kappa shape index (κ2) is 10.1. The standard InChI is InChI=1S/C27H25NO5/c1-18-22-13-12-21(32-17-26(30)28-16-24(29)20-10-6-3-7-11-20)15-25(22)33-27(31)23(18)14-19-8-4-2-5-9-19/h2-13,15,24,29H,14,16-17H2,1H3,(H,28,30)/t24-/m1/s1. The molecule has 33 heavy (non-hydrogen) atoms. The van der Waals surface area contributed by atoms with E-state index in [1.165, 1.54) is 0 Å². The Bertz CT molecular complexity index is 1300. The molecule has 1 amide bonds. The van der Waals surface area contributed by atoms with Gasteiger partial charge >= 0.3 is 5.63 Å². The minimum Gasteiger partial charge on any atom is -0.484 e. The van der Waals surface area contributed by atoms with Gasteiger partial charge in [-0.3, -0.25) is 4.79 Å². The number of fused-ring (bicyclic) bond motifs is 1. The maximum Gasteiger partial charge on any atom is 0.340 e. The zero-order valence-corrected chi connectivity index (χ0v) is 18.3. The molecule has 3 aromatic carbocycles. The summed E-state index contributed by atoms with van der Waals surface area (Å²) >= 11 is 0. The SMILES string of the molecule is Cc1c(Cc2ccccc2)c(=O)oc2cc(OCC(=O)NC[C@@H](O)c3ccccc3)ccc12. The first-order valence-electron chi connectivity index (χ1n) is 10.7. The van der Waals surface area contributed by atoms with E-state index < -0.39 is 6.10 Å². The van der Waals surface area contributed by atoms with Crippen molar-refractivity contribution in [3.8, 4) is 5.75 Å². The summed E-state index contributed by atoms with van der Waals surface area (Å²) in [5.74, 6) is 0.0561. The van der Waals surface area contributed by atoms with Gasteiger partial charge < -0.3 is 19.6 Å². The van der Waals surface area contributed by atoms with Crippen LogP contribution < -0.4 is 15.7 Å². The van der Waals surface area contributed by atoms with Crippen molar-refractivity contribution in [3.63, 3.8) is 0 Å². The van der Waals surface area contributed by atoms with Crippen LogP contribution in [0, 0.1) is 6.92 Å². The molecule has 4 aromatic rings. The number of amides is 1. The maximum atomic E-state index is 12.6. The first kappa shape index (κ1) is 22.3. The van der Waals surface area contributed by atoms with E-state index in [0.717, 1.165) is 22.1 Å². The third-order valence-electron chi connectivity index (χ3n) is 5.53. The molecule has 0 saturated heterocycles. The highest BCUT2D eigenvalue weighted by Gasteiger charge is 2.14. The molecule has 6 heteroatoms. The number of carbonyl (C=O) groups excluding carboxylic acids is 1. The van der Waals surface area contributed by atoms with Gasteiger partial charge in [-0.25, -0.2) is 4.79 Å². The summed E-state index contributed by atoms with van der Waals surface area (Å²) in [6.45, 7) is 1.77. The molecule has 1 atom stereocenters. The molecule has 0 unspecified atom stereocenters. The number of benzene rings is 3. The molecule has 4 rings (SSSR count). The molecular weight excluding hydrogens is 418 g/mol. The topological polar surface area (TPSA) is 88.8 Å². The van der Waals surface area contributed by atoms with Crippen molar-refractivity contribution in [2.75, 3.05) is 13.2 Å². The van der Waals surface area contributed by atoms with Gasteiger partial charge in [-0.2, -0.15) is 0 Å². The van der Waals surface area contributed by atoms with Gasteiger partial charge in [0.2, 0.25) is 0 Å². The van der Waals surface area contributed by atoms with Crippen molar-refractivity contribution in [2.24, 2.45) is 0 Å². The Morgan fingerprint density at radius 2 is 1.73 bits per heavy atom. The monoisotopic (exact) mass is 443 g/mol. The summed E-state index contributed by atoms with van der Waals surface area (Å²) in [5.41, 5.74) is 3.28. The predicted octanol–water partition coefficient (Wildman–Crippen LogP) is 3.92. The summed E-state index contributed by atoms with van der Waals surface area (Å²) in [4.78, 5) is 24.7. The molecule has 0 fully saturated rings. The molecule has 0 aliphatic carbocycles. The average Bonchev–Trinajstić information content (AvgIpc) is 2.84. The Morgan fingerprint density at radius 3 is 2.45 bits per heavy atom. The lowest BCUT2D eigenvalue weighted by atomic mass is 10.00. The zero-order valence-electron chi connectivity index (χ0n) is 18.3. The Balaban J connectivity index is 1.40. The number of hydrogen-bond donors (Lipinski definition) is 2. The van der Waals surface area contributed by atoms with Crippen LogP contribution in [-0.2, 0) is 11.2 Å². The maximum absolute atomic E-state index is 12.6. The number of aliphatic hydroxyl groups is 1. The quantitative estimate of drug-likeness (QED) is 0.403. The van der Waals surface area contributed by atoms with Crippen LogP contribution in [0.25, 0.3) is 11.0 Å². The van der Waals surface area contributed by atoms with E-state index >= 15 is 0 Å². The van der Waals surface area contributed by atoms with Gasteiger partial charge in [-0.05, 0) is 35.7 Å². The van der Waals surface area contributed by atoms with Crippen molar-refractivity contribution < 1.29 is 19.1 Å². The molecule has 0 radical (unpaired) electrons. The van der Waals surface area contributed by atoms with Crippen molar-refractivity contribution in [1.29, 1.82) is 0 Å². The summed E-state index contributed by atoms with van der Waals surface area (Å²) in [6, 6.07) is 24.1. The molecule has 1 aromatic heterocycles. The predicted molar refractivity (Wildman–Crippen MR) is 126 cm³/mol. The molecule has 0 spiro atoms. The van der Waals surface area contributed by atoms with Crippen LogP contribution in [0.1, 0.15) is 28.4 Å². The van der Waals surface area contributed by atoms with E-state index in [-0.39, 0.29) is 24.7 Å². The largest absolute Gasteiger partial charge is 0.484 e. The smallest absolute Gasteiger partial charge is 0.340 e. The normalized spacial score (nSPS) is 11.8. The fourth-order valence-electron chi connectivity index (χ4n) is 3.67. The summed E-state index contributed by atoms with van der Waals surface area (Å²) in [6.07, 6.45) is -0.295. The van der Waals surface area contributed by atoms with Crippen LogP contribution in [0.3, 0.4) is 0 Å². The van der Waals surface area contributed by atoms with E-state index in [0.29, 0.717) is 23.3 Å². The molecule has 6 nitrogen and oxygen atoms in total. The van der Waals surface area contributed by atoms with Crippen LogP contribution in [0.5, 0.6) is 5.75 Å². The number of aryl methyl sites for hydroxylation is 1. The lowest BCUT2D eigenvalue weighted by Gasteiger charge is -2.13. The van der Waals surface area contributed by atoms with Gasteiger partial charge in [0.25, 0.3) is 5.91 Å². The fourth-order valence-corrected chi connectivity index (χ4v) is 3.67. The summed E-state index contributed by atoms with van der Waals surface area (Å²) in [7, 11) is 0. The van der Waals surface area contributed by atoms with Gasteiger partial charge in [0.1, 0.15) is 11.3 Å².